The van der Waals surface area contributed by atoms with E-state index < -0.39 is 0 Å². The van der Waals surface area contributed by atoms with Crippen molar-refractivity contribution in [3.05, 3.63) is 34.9 Å². The summed E-state index contributed by atoms with van der Waals surface area (Å²) in [6.07, 6.45) is 3.62. The van der Waals surface area contributed by atoms with Crippen LogP contribution in [0.5, 0.6) is 0 Å². The van der Waals surface area contributed by atoms with E-state index in [1.807, 2.05) is 35.1 Å². The predicted octanol–water partition coefficient (Wildman–Crippen LogP) is 2.48. The summed E-state index contributed by atoms with van der Waals surface area (Å²) in [5.41, 5.74) is 1.96. The minimum Gasteiger partial charge on any atom is -0.393 e. The molecule has 18 heavy (non-hydrogen) atoms. The summed E-state index contributed by atoms with van der Waals surface area (Å²) in [4.78, 5) is 0. The highest BCUT2D eigenvalue weighted by atomic mass is 79.9. The second kappa shape index (κ2) is 4.82. The Morgan fingerprint density at radius 1 is 1.28 bits per heavy atom. The molecule has 0 radical (unpaired) electrons. The summed E-state index contributed by atoms with van der Waals surface area (Å²) in [5, 5.41) is 17.6. The Labute approximate surface area is 114 Å². The van der Waals surface area contributed by atoms with Crippen LogP contribution in [0.2, 0.25) is 0 Å². The molecule has 0 spiro atoms. The normalized spacial score (nSPS) is 22.8. The minimum atomic E-state index is -0.107. The first-order valence-corrected chi connectivity index (χ1v) is 6.84. The number of aliphatic hydroxyl groups is 1. The van der Waals surface area contributed by atoms with Crippen LogP contribution < -0.4 is 0 Å². The van der Waals surface area contributed by atoms with Gasteiger partial charge in [-0.15, -0.1) is 5.10 Å². The summed E-state index contributed by atoms with van der Waals surface area (Å²) in [6, 6.07) is 8.03. The monoisotopic (exact) mass is 307 g/mol. The number of halogens is 1. The van der Waals surface area contributed by atoms with Crippen LogP contribution >= 0.6 is 15.9 Å². The molecule has 1 heterocycles. The van der Waals surface area contributed by atoms with Gasteiger partial charge in [0.2, 0.25) is 0 Å². The standard InChI is InChI=1S/C13H14BrN3O/c14-11-3-1-10(2-4-11)13-8-17(16-15-13)7-9-5-12(18)6-9/h1-4,8-9,12,18H,5-7H2. The zero-order chi connectivity index (χ0) is 12.5. The Hall–Kier alpha value is -1.20. The van der Waals surface area contributed by atoms with Crippen LogP contribution in [0.1, 0.15) is 12.8 Å². The number of benzene rings is 1. The zero-order valence-corrected chi connectivity index (χ0v) is 11.4. The fourth-order valence-corrected chi connectivity index (χ4v) is 2.52. The van der Waals surface area contributed by atoms with E-state index in [0.29, 0.717) is 5.92 Å². The average Bonchev–Trinajstić information content (AvgIpc) is 2.77. The Balaban J connectivity index is 1.71. The van der Waals surface area contributed by atoms with Crippen LogP contribution in [-0.2, 0) is 6.54 Å². The van der Waals surface area contributed by atoms with Gasteiger partial charge in [-0.25, -0.2) is 0 Å². The first kappa shape index (κ1) is 11.9. The molecule has 1 aromatic heterocycles. The third kappa shape index (κ3) is 2.47. The summed E-state index contributed by atoms with van der Waals surface area (Å²) in [5.74, 6) is 0.541. The van der Waals surface area contributed by atoms with Crippen molar-refractivity contribution in [2.45, 2.75) is 25.5 Å². The molecule has 1 saturated carbocycles. The molecule has 1 fully saturated rings. The first-order chi connectivity index (χ1) is 8.70. The van der Waals surface area contributed by atoms with Gasteiger partial charge in [-0.2, -0.15) is 0 Å². The molecule has 0 bridgehead atoms. The maximum atomic E-state index is 9.26. The Kier molecular flexibility index (Phi) is 3.18. The number of hydrogen-bond donors (Lipinski definition) is 1. The van der Waals surface area contributed by atoms with Crippen molar-refractivity contribution in [2.24, 2.45) is 5.92 Å². The van der Waals surface area contributed by atoms with Gasteiger partial charge in [-0.05, 0) is 30.9 Å². The molecular weight excluding hydrogens is 294 g/mol. The molecule has 0 aliphatic heterocycles. The third-order valence-electron chi connectivity index (χ3n) is 3.33. The van der Waals surface area contributed by atoms with E-state index in [1.165, 1.54) is 0 Å². The van der Waals surface area contributed by atoms with Gasteiger partial charge in [0.15, 0.2) is 0 Å². The molecule has 0 unspecified atom stereocenters. The van der Waals surface area contributed by atoms with Crippen LogP contribution in [0.3, 0.4) is 0 Å². The largest absolute Gasteiger partial charge is 0.393 e. The van der Waals surface area contributed by atoms with Gasteiger partial charge in [0.25, 0.3) is 0 Å². The van der Waals surface area contributed by atoms with Crippen molar-refractivity contribution in [1.29, 1.82) is 0 Å². The van der Waals surface area contributed by atoms with Crippen LogP contribution in [0.25, 0.3) is 11.3 Å². The number of aliphatic hydroxyl groups excluding tert-OH is 1. The predicted molar refractivity (Wildman–Crippen MR) is 71.9 cm³/mol. The lowest BCUT2D eigenvalue weighted by atomic mass is 9.82. The fourth-order valence-electron chi connectivity index (χ4n) is 2.25. The van der Waals surface area contributed by atoms with Gasteiger partial charge < -0.3 is 5.11 Å². The van der Waals surface area contributed by atoms with Crippen molar-refractivity contribution >= 4 is 15.9 Å². The van der Waals surface area contributed by atoms with Gasteiger partial charge in [-0.1, -0.05) is 33.3 Å². The highest BCUT2D eigenvalue weighted by molar-refractivity contribution is 9.10. The molecule has 4 nitrogen and oxygen atoms in total. The van der Waals surface area contributed by atoms with E-state index in [2.05, 4.69) is 26.2 Å². The lowest BCUT2D eigenvalue weighted by Gasteiger charge is -2.30. The van der Waals surface area contributed by atoms with Gasteiger partial charge in [0.05, 0.1) is 12.3 Å². The zero-order valence-electron chi connectivity index (χ0n) is 9.83. The number of nitrogens with zero attached hydrogens (tertiary/aromatic N) is 3. The first-order valence-electron chi connectivity index (χ1n) is 6.05. The van der Waals surface area contributed by atoms with Gasteiger partial charge >= 0.3 is 0 Å². The summed E-state index contributed by atoms with van der Waals surface area (Å²) >= 11 is 3.41. The molecule has 0 saturated heterocycles. The SMILES string of the molecule is OC1CC(Cn2cc(-c3ccc(Br)cc3)nn2)C1. The molecule has 1 aliphatic rings. The van der Waals surface area contributed by atoms with E-state index in [-0.39, 0.29) is 6.10 Å². The summed E-state index contributed by atoms with van der Waals surface area (Å²) < 4.78 is 2.93. The highest BCUT2D eigenvalue weighted by Gasteiger charge is 2.27. The van der Waals surface area contributed by atoms with E-state index in [0.717, 1.165) is 35.1 Å². The molecule has 1 N–H and O–H groups in total. The van der Waals surface area contributed by atoms with Crippen molar-refractivity contribution in [3.8, 4) is 11.3 Å². The minimum absolute atomic E-state index is 0.107. The molecular formula is C13H14BrN3O. The summed E-state index contributed by atoms with van der Waals surface area (Å²) in [6.45, 7) is 0.848. The van der Waals surface area contributed by atoms with Crippen molar-refractivity contribution < 1.29 is 5.11 Å². The van der Waals surface area contributed by atoms with Crippen molar-refractivity contribution in [3.63, 3.8) is 0 Å². The van der Waals surface area contributed by atoms with E-state index in [1.54, 1.807) is 0 Å². The lowest BCUT2D eigenvalue weighted by Crippen LogP contribution is -2.31. The topological polar surface area (TPSA) is 50.9 Å². The van der Waals surface area contributed by atoms with Crippen LogP contribution in [-0.4, -0.2) is 26.2 Å². The molecule has 3 rings (SSSR count). The Bertz CT molecular complexity index is 531. The van der Waals surface area contributed by atoms with Gasteiger partial charge in [0, 0.05) is 16.6 Å². The number of rotatable bonds is 3. The van der Waals surface area contributed by atoms with Crippen LogP contribution in [0, 0.1) is 5.92 Å². The third-order valence-corrected chi connectivity index (χ3v) is 3.86. The van der Waals surface area contributed by atoms with E-state index in [4.69, 9.17) is 0 Å². The smallest absolute Gasteiger partial charge is 0.113 e. The fraction of sp³-hybridized carbons (Fsp3) is 0.385. The van der Waals surface area contributed by atoms with E-state index in [9.17, 15) is 5.11 Å². The summed E-state index contributed by atoms with van der Waals surface area (Å²) in [7, 11) is 0. The second-order valence-corrected chi connectivity index (χ2v) is 5.74. The van der Waals surface area contributed by atoms with Gasteiger partial charge in [0.1, 0.15) is 5.69 Å². The highest BCUT2D eigenvalue weighted by Crippen LogP contribution is 2.28. The second-order valence-electron chi connectivity index (χ2n) is 4.82. The van der Waals surface area contributed by atoms with Gasteiger partial charge in [-0.3, -0.25) is 4.68 Å². The molecule has 2 aromatic rings. The number of aromatic nitrogens is 3. The van der Waals surface area contributed by atoms with Crippen LogP contribution in [0.15, 0.2) is 34.9 Å². The molecule has 5 heteroatoms. The number of hydrogen-bond acceptors (Lipinski definition) is 3. The average molecular weight is 308 g/mol. The lowest BCUT2D eigenvalue weighted by molar-refractivity contribution is 0.0334. The quantitative estimate of drug-likeness (QED) is 0.948. The van der Waals surface area contributed by atoms with Crippen molar-refractivity contribution in [2.75, 3.05) is 0 Å². The Morgan fingerprint density at radius 3 is 2.67 bits per heavy atom. The van der Waals surface area contributed by atoms with Crippen LogP contribution in [0.4, 0.5) is 0 Å². The molecule has 0 amide bonds. The Morgan fingerprint density at radius 2 is 2.00 bits per heavy atom. The maximum Gasteiger partial charge on any atom is 0.113 e. The molecule has 94 valence electrons. The molecule has 1 aliphatic carbocycles. The molecule has 0 atom stereocenters. The maximum absolute atomic E-state index is 9.26. The molecule has 1 aromatic carbocycles. The van der Waals surface area contributed by atoms with E-state index >= 15 is 0 Å². The van der Waals surface area contributed by atoms with Crippen molar-refractivity contribution in [1.82, 2.24) is 15.0 Å².